The zero-order chi connectivity index (χ0) is 7.98. The van der Waals surface area contributed by atoms with Crippen LogP contribution in [0.15, 0.2) is 12.8 Å². The van der Waals surface area contributed by atoms with Crippen LogP contribution in [0.25, 0.3) is 0 Å². The third-order valence-corrected chi connectivity index (χ3v) is 1.84. The summed E-state index contributed by atoms with van der Waals surface area (Å²) in [6, 6.07) is 0.743. The minimum atomic E-state index is 0.743. The first kappa shape index (κ1) is 9.54. The molecule has 1 nitrogen and oxygen atoms in total. The van der Waals surface area contributed by atoms with Crippen LogP contribution in [0.2, 0.25) is 0 Å². The Morgan fingerprint density at radius 3 is 2.30 bits per heavy atom. The second kappa shape index (κ2) is 5.33. The van der Waals surface area contributed by atoms with E-state index in [1.54, 1.807) is 0 Å². The van der Waals surface area contributed by atoms with E-state index in [1.165, 1.54) is 19.4 Å². The standard InChI is InChI=1S/C7H13N.C2H6/c1-3-8-6-4-5-7(8)2;1-2/h3,7H,1,4-6H2,2H3;1-2H3/t7-;/m1./s1. The Kier molecular flexibility index (Phi) is 5.09. The zero-order valence-corrected chi connectivity index (χ0v) is 7.43. The molecule has 0 N–H and O–H groups in total. The third kappa shape index (κ3) is 2.42. The second-order valence-electron chi connectivity index (χ2n) is 2.41. The summed E-state index contributed by atoms with van der Waals surface area (Å²) in [5.41, 5.74) is 0. The van der Waals surface area contributed by atoms with Gasteiger partial charge in [-0.25, -0.2) is 0 Å². The summed E-state index contributed by atoms with van der Waals surface area (Å²) in [5.74, 6) is 0. The van der Waals surface area contributed by atoms with Gasteiger partial charge in [0.05, 0.1) is 0 Å². The molecule has 1 aliphatic rings. The van der Waals surface area contributed by atoms with Crippen molar-refractivity contribution in [3.05, 3.63) is 12.8 Å². The van der Waals surface area contributed by atoms with Crippen LogP contribution in [0.1, 0.15) is 33.6 Å². The summed E-state index contributed by atoms with van der Waals surface area (Å²) in [6.45, 7) is 11.2. The monoisotopic (exact) mass is 141 g/mol. The highest BCUT2D eigenvalue weighted by molar-refractivity contribution is 4.82. The fourth-order valence-electron chi connectivity index (χ4n) is 1.23. The Labute approximate surface area is 64.7 Å². The SMILES string of the molecule is C=CN1CCC[C@H]1C.CC. The van der Waals surface area contributed by atoms with Gasteiger partial charge in [-0.1, -0.05) is 20.4 Å². The first-order valence-corrected chi connectivity index (χ1v) is 4.23. The molecular formula is C9H19N. The number of nitrogens with zero attached hydrogens (tertiary/aromatic N) is 1. The second-order valence-corrected chi connectivity index (χ2v) is 2.41. The average molecular weight is 141 g/mol. The highest BCUT2D eigenvalue weighted by Gasteiger charge is 2.14. The molecule has 0 saturated carbocycles. The van der Waals surface area contributed by atoms with Crippen LogP contribution in [0.5, 0.6) is 0 Å². The number of hydrogen-bond donors (Lipinski definition) is 0. The summed E-state index contributed by atoms with van der Waals surface area (Å²) in [4.78, 5) is 2.29. The Morgan fingerprint density at radius 1 is 1.50 bits per heavy atom. The average Bonchev–Trinajstić information content (AvgIpc) is 2.39. The molecule has 1 rings (SSSR count). The van der Waals surface area contributed by atoms with E-state index in [-0.39, 0.29) is 0 Å². The normalized spacial score (nSPS) is 23.5. The van der Waals surface area contributed by atoms with Crippen LogP contribution in [0.4, 0.5) is 0 Å². The van der Waals surface area contributed by atoms with E-state index in [0.29, 0.717) is 0 Å². The molecule has 1 aliphatic heterocycles. The first-order chi connectivity index (χ1) is 4.84. The van der Waals surface area contributed by atoms with Crippen molar-refractivity contribution in [2.75, 3.05) is 6.54 Å². The van der Waals surface area contributed by atoms with Gasteiger partial charge in [-0.3, -0.25) is 0 Å². The highest BCUT2D eigenvalue weighted by Crippen LogP contribution is 2.15. The molecule has 0 bridgehead atoms. The van der Waals surface area contributed by atoms with E-state index in [0.717, 1.165) is 6.04 Å². The fourth-order valence-corrected chi connectivity index (χ4v) is 1.23. The lowest BCUT2D eigenvalue weighted by Gasteiger charge is -2.16. The molecule has 1 atom stereocenters. The lowest BCUT2D eigenvalue weighted by molar-refractivity contribution is 0.373. The van der Waals surface area contributed by atoms with Gasteiger partial charge in [-0.2, -0.15) is 0 Å². The van der Waals surface area contributed by atoms with Gasteiger partial charge in [-0.15, -0.1) is 0 Å². The summed E-state index contributed by atoms with van der Waals surface area (Å²) >= 11 is 0. The van der Waals surface area contributed by atoms with E-state index in [1.807, 2.05) is 20.0 Å². The number of hydrogen-bond acceptors (Lipinski definition) is 1. The van der Waals surface area contributed by atoms with Crippen LogP contribution in [0.3, 0.4) is 0 Å². The van der Waals surface area contributed by atoms with Gasteiger partial charge in [0.1, 0.15) is 0 Å². The van der Waals surface area contributed by atoms with Crippen molar-refractivity contribution in [3.8, 4) is 0 Å². The minimum Gasteiger partial charge on any atom is -0.375 e. The maximum atomic E-state index is 3.72. The quantitative estimate of drug-likeness (QED) is 0.542. The molecule has 1 fully saturated rings. The van der Waals surface area contributed by atoms with Gasteiger partial charge >= 0.3 is 0 Å². The van der Waals surface area contributed by atoms with Gasteiger partial charge in [0.15, 0.2) is 0 Å². The third-order valence-electron chi connectivity index (χ3n) is 1.84. The summed E-state index contributed by atoms with van der Waals surface area (Å²) in [5, 5.41) is 0. The lowest BCUT2D eigenvalue weighted by Crippen LogP contribution is -2.19. The van der Waals surface area contributed by atoms with Gasteiger partial charge in [-0.05, 0) is 26.0 Å². The van der Waals surface area contributed by atoms with Gasteiger partial charge in [0.25, 0.3) is 0 Å². The maximum absolute atomic E-state index is 3.72. The van der Waals surface area contributed by atoms with Crippen molar-refractivity contribution in [2.45, 2.75) is 39.7 Å². The van der Waals surface area contributed by atoms with Crippen molar-refractivity contribution < 1.29 is 0 Å². The lowest BCUT2D eigenvalue weighted by atomic mass is 10.2. The first-order valence-electron chi connectivity index (χ1n) is 4.23. The topological polar surface area (TPSA) is 3.24 Å². The molecule has 0 aliphatic carbocycles. The molecule has 0 aromatic carbocycles. The van der Waals surface area contributed by atoms with Crippen LogP contribution >= 0.6 is 0 Å². The Hall–Kier alpha value is -0.460. The van der Waals surface area contributed by atoms with E-state index in [9.17, 15) is 0 Å². The van der Waals surface area contributed by atoms with Gasteiger partial charge < -0.3 is 4.90 Å². The predicted molar refractivity (Wildman–Crippen MR) is 46.9 cm³/mol. The molecule has 1 heteroatoms. The Morgan fingerprint density at radius 2 is 2.10 bits per heavy atom. The van der Waals surface area contributed by atoms with Crippen molar-refractivity contribution in [1.29, 1.82) is 0 Å². The maximum Gasteiger partial charge on any atom is 0.0256 e. The predicted octanol–water partition coefficient (Wildman–Crippen LogP) is 2.64. The molecular weight excluding hydrogens is 122 g/mol. The molecule has 0 aromatic heterocycles. The molecule has 0 amide bonds. The van der Waals surface area contributed by atoms with Gasteiger partial charge in [0.2, 0.25) is 0 Å². The van der Waals surface area contributed by atoms with Crippen molar-refractivity contribution in [2.24, 2.45) is 0 Å². The van der Waals surface area contributed by atoms with E-state index in [4.69, 9.17) is 0 Å². The highest BCUT2D eigenvalue weighted by atomic mass is 15.1. The molecule has 10 heavy (non-hydrogen) atoms. The minimum absolute atomic E-state index is 0.743. The Balaban J connectivity index is 0.000000371. The van der Waals surface area contributed by atoms with E-state index < -0.39 is 0 Å². The summed E-state index contributed by atoms with van der Waals surface area (Å²) in [6.07, 6.45) is 4.62. The largest absolute Gasteiger partial charge is 0.375 e. The van der Waals surface area contributed by atoms with E-state index in [2.05, 4.69) is 18.4 Å². The number of rotatable bonds is 1. The molecule has 0 spiro atoms. The van der Waals surface area contributed by atoms with Crippen molar-refractivity contribution >= 4 is 0 Å². The van der Waals surface area contributed by atoms with Crippen LogP contribution < -0.4 is 0 Å². The van der Waals surface area contributed by atoms with Crippen LogP contribution in [0, 0.1) is 0 Å². The molecule has 0 aromatic rings. The van der Waals surface area contributed by atoms with Crippen molar-refractivity contribution in [1.82, 2.24) is 4.90 Å². The smallest absolute Gasteiger partial charge is 0.0256 e. The summed E-state index contributed by atoms with van der Waals surface area (Å²) in [7, 11) is 0. The Bertz CT molecular complexity index is 88.7. The molecule has 0 radical (unpaired) electrons. The molecule has 1 heterocycles. The molecule has 0 unspecified atom stereocenters. The molecule has 1 saturated heterocycles. The van der Waals surface area contributed by atoms with E-state index >= 15 is 0 Å². The van der Waals surface area contributed by atoms with Crippen LogP contribution in [-0.4, -0.2) is 17.5 Å². The number of likely N-dealkylation sites (tertiary alicyclic amines) is 1. The van der Waals surface area contributed by atoms with Crippen LogP contribution in [-0.2, 0) is 0 Å². The van der Waals surface area contributed by atoms with Gasteiger partial charge in [0, 0.05) is 12.6 Å². The zero-order valence-electron chi connectivity index (χ0n) is 7.43. The van der Waals surface area contributed by atoms with Crippen molar-refractivity contribution in [3.63, 3.8) is 0 Å². The fraction of sp³-hybridized carbons (Fsp3) is 0.778. The molecule has 60 valence electrons. The summed E-state index contributed by atoms with van der Waals surface area (Å²) < 4.78 is 0.